The second-order valence-corrected chi connectivity index (χ2v) is 3.73. The van der Waals surface area contributed by atoms with E-state index < -0.39 is 0 Å². The van der Waals surface area contributed by atoms with Crippen molar-refractivity contribution in [2.45, 2.75) is 26.2 Å². The van der Waals surface area contributed by atoms with Crippen LogP contribution in [-0.4, -0.2) is 32.2 Å². The lowest BCUT2D eigenvalue weighted by Gasteiger charge is -2.15. The summed E-state index contributed by atoms with van der Waals surface area (Å²) >= 11 is 0. The first-order valence-electron chi connectivity index (χ1n) is 5.06. The van der Waals surface area contributed by atoms with Crippen LogP contribution < -0.4 is 0 Å². The minimum Gasteiger partial charge on any atom is -0.309 e. The highest BCUT2D eigenvalue weighted by molar-refractivity contribution is 4.83. The third kappa shape index (κ3) is 7.97. The molecule has 0 heterocycles. The SMILES string of the molecule is CCC(C/C=C\CF)CCN(C)C. The van der Waals surface area contributed by atoms with E-state index in [-0.39, 0.29) is 6.67 Å². The molecule has 0 aliphatic carbocycles. The van der Waals surface area contributed by atoms with Gasteiger partial charge in [0.1, 0.15) is 6.67 Å². The molecule has 78 valence electrons. The van der Waals surface area contributed by atoms with Gasteiger partial charge in [0.05, 0.1) is 0 Å². The molecule has 0 aromatic heterocycles. The Bertz CT molecular complexity index is 132. The van der Waals surface area contributed by atoms with Crippen molar-refractivity contribution in [2.75, 3.05) is 27.3 Å². The van der Waals surface area contributed by atoms with Gasteiger partial charge in [0.25, 0.3) is 0 Å². The van der Waals surface area contributed by atoms with E-state index in [9.17, 15) is 4.39 Å². The number of hydrogen-bond donors (Lipinski definition) is 0. The van der Waals surface area contributed by atoms with Crippen molar-refractivity contribution >= 4 is 0 Å². The quantitative estimate of drug-likeness (QED) is 0.554. The highest BCUT2D eigenvalue weighted by Crippen LogP contribution is 2.13. The minimum atomic E-state index is -0.329. The van der Waals surface area contributed by atoms with E-state index in [1.807, 2.05) is 6.08 Å². The zero-order valence-electron chi connectivity index (χ0n) is 9.09. The Morgan fingerprint density at radius 3 is 2.46 bits per heavy atom. The number of rotatable bonds is 7. The highest BCUT2D eigenvalue weighted by atomic mass is 19.1. The molecule has 0 fully saturated rings. The minimum absolute atomic E-state index is 0.329. The van der Waals surface area contributed by atoms with E-state index >= 15 is 0 Å². The molecular formula is C11H22FN. The summed E-state index contributed by atoms with van der Waals surface area (Å²) in [4.78, 5) is 2.20. The van der Waals surface area contributed by atoms with Gasteiger partial charge in [-0.05, 0) is 39.4 Å². The maximum Gasteiger partial charge on any atom is 0.108 e. The second kappa shape index (κ2) is 8.24. The zero-order valence-corrected chi connectivity index (χ0v) is 9.09. The molecule has 0 saturated carbocycles. The van der Waals surface area contributed by atoms with Gasteiger partial charge in [0.2, 0.25) is 0 Å². The van der Waals surface area contributed by atoms with Crippen LogP contribution in [0.5, 0.6) is 0 Å². The van der Waals surface area contributed by atoms with Gasteiger partial charge in [-0.15, -0.1) is 0 Å². The molecule has 0 spiro atoms. The van der Waals surface area contributed by atoms with Gasteiger partial charge in [-0.25, -0.2) is 4.39 Å². The van der Waals surface area contributed by atoms with Crippen LogP contribution in [0.1, 0.15) is 26.2 Å². The van der Waals surface area contributed by atoms with Crippen LogP contribution in [0.3, 0.4) is 0 Å². The topological polar surface area (TPSA) is 3.24 Å². The van der Waals surface area contributed by atoms with Gasteiger partial charge < -0.3 is 4.90 Å². The van der Waals surface area contributed by atoms with E-state index in [1.54, 1.807) is 6.08 Å². The van der Waals surface area contributed by atoms with E-state index in [4.69, 9.17) is 0 Å². The molecule has 1 unspecified atom stereocenters. The summed E-state index contributed by atoms with van der Waals surface area (Å²) in [5.74, 6) is 0.713. The molecule has 0 N–H and O–H groups in total. The Labute approximate surface area is 81.6 Å². The van der Waals surface area contributed by atoms with Gasteiger partial charge >= 0.3 is 0 Å². The molecule has 0 amide bonds. The third-order valence-electron chi connectivity index (χ3n) is 2.29. The number of allylic oxidation sites excluding steroid dienone is 2. The predicted octanol–water partition coefficient (Wildman–Crippen LogP) is 2.88. The second-order valence-electron chi connectivity index (χ2n) is 3.73. The summed E-state index contributed by atoms with van der Waals surface area (Å²) in [5.41, 5.74) is 0. The maximum absolute atomic E-state index is 11.8. The van der Waals surface area contributed by atoms with Gasteiger partial charge in [0, 0.05) is 0 Å². The lowest BCUT2D eigenvalue weighted by molar-refractivity contribution is 0.345. The molecule has 0 rings (SSSR count). The molecule has 0 radical (unpaired) electrons. The monoisotopic (exact) mass is 187 g/mol. The van der Waals surface area contributed by atoms with Gasteiger partial charge in [-0.1, -0.05) is 25.5 Å². The molecule has 1 nitrogen and oxygen atoms in total. The van der Waals surface area contributed by atoms with Crippen molar-refractivity contribution in [3.8, 4) is 0 Å². The van der Waals surface area contributed by atoms with Crippen LogP contribution >= 0.6 is 0 Å². The Morgan fingerprint density at radius 1 is 1.31 bits per heavy atom. The number of alkyl halides is 1. The predicted molar refractivity (Wildman–Crippen MR) is 56.7 cm³/mol. The first-order valence-corrected chi connectivity index (χ1v) is 5.06. The molecular weight excluding hydrogens is 165 g/mol. The summed E-state index contributed by atoms with van der Waals surface area (Å²) < 4.78 is 11.8. The fraction of sp³-hybridized carbons (Fsp3) is 0.818. The third-order valence-corrected chi connectivity index (χ3v) is 2.29. The zero-order chi connectivity index (χ0) is 10.1. The number of nitrogens with zero attached hydrogens (tertiary/aromatic N) is 1. The molecule has 0 aromatic rings. The Morgan fingerprint density at radius 2 is 2.00 bits per heavy atom. The number of hydrogen-bond acceptors (Lipinski definition) is 1. The van der Waals surface area contributed by atoms with Gasteiger partial charge in [-0.3, -0.25) is 0 Å². The molecule has 0 aromatic carbocycles. The van der Waals surface area contributed by atoms with E-state index in [0.717, 1.165) is 13.0 Å². The van der Waals surface area contributed by atoms with Crippen LogP contribution in [0.2, 0.25) is 0 Å². The Kier molecular flexibility index (Phi) is 8.00. The molecule has 13 heavy (non-hydrogen) atoms. The van der Waals surface area contributed by atoms with Crippen molar-refractivity contribution in [3.05, 3.63) is 12.2 Å². The van der Waals surface area contributed by atoms with Crippen molar-refractivity contribution in [1.29, 1.82) is 0 Å². The van der Waals surface area contributed by atoms with Crippen molar-refractivity contribution in [3.63, 3.8) is 0 Å². The van der Waals surface area contributed by atoms with Gasteiger partial charge in [-0.2, -0.15) is 0 Å². The van der Waals surface area contributed by atoms with Crippen molar-refractivity contribution in [1.82, 2.24) is 4.90 Å². The molecule has 0 saturated heterocycles. The summed E-state index contributed by atoms with van der Waals surface area (Å²) in [6.45, 7) is 3.00. The molecule has 0 aliphatic heterocycles. The largest absolute Gasteiger partial charge is 0.309 e. The Hall–Kier alpha value is -0.370. The van der Waals surface area contributed by atoms with Crippen LogP contribution in [0.25, 0.3) is 0 Å². The normalized spacial score (nSPS) is 14.2. The smallest absolute Gasteiger partial charge is 0.108 e. The first kappa shape index (κ1) is 12.6. The van der Waals surface area contributed by atoms with Crippen LogP contribution in [-0.2, 0) is 0 Å². The summed E-state index contributed by atoms with van der Waals surface area (Å²) in [5, 5.41) is 0. The van der Waals surface area contributed by atoms with E-state index in [0.29, 0.717) is 5.92 Å². The lowest BCUT2D eigenvalue weighted by Crippen LogP contribution is -2.16. The van der Waals surface area contributed by atoms with E-state index in [1.165, 1.54) is 12.8 Å². The van der Waals surface area contributed by atoms with Crippen LogP contribution in [0.15, 0.2) is 12.2 Å². The van der Waals surface area contributed by atoms with Crippen molar-refractivity contribution < 1.29 is 4.39 Å². The average molecular weight is 187 g/mol. The van der Waals surface area contributed by atoms with Crippen LogP contribution in [0.4, 0.5) is 4.39 Å². The fourth-order valence-electron chi connectivity index (χ4n) is 1.28. The lowest BCUT2D eigenvalue weighted by atomic mass is 9.98. The average Bonchev–Trinajstić information content (AvgIpc) is 2.10. The molecule has 0 aliphatic rings. The highest BCUT2D eigenvalue weighted by Gasteiger charge is 2.04. The molecule has 2 heteroatoms. The van der Waals surface area contributed by atoms with Gasteiger partial charge in [0.15, 0.2) is 0 Å². The summed E-state index contributed by atoms with van der Waals surface area (Å²) in [6, 6.07) is 0. The standard InChI is InChI=1S/C11H22FN/c1-4-11(7-5-6-9-12)8-10-13(2)3/h5-6,11H,4,7-10H2,1-3H3/b6-5-. The van der Waals surface area contributed by atoms with Crippen LogP contribution in [0, 0.1) is 5.92 Å². The number of halogens is 1. The van der Waals surface area contributed by atoms with E-state index in [2.05, 4.69) is 25.9 Å². The summed E-state index contributed by atoms with van der Waals surface area (Å²) in [6.07, 6.45) is 6.99. The fourth-order valence-corrected chi connectivity index (χ4v) is 1.28. The molecule has 0 bridgehead atoms. The van der Waals surface area contributed by atoms with Crippen molar-refractivity contribution in [2.24, 2.45) is 5.92 Å². The summed E-state index contributed by atoms with van der Waals surface area (Å²) in [7, 11) is 4.17. The maximum atomic E-state index is 11.8. The first-order chi connectivity index (χ1) is 6.20. The molecule has 1 atom stereocenters. The Balaban J connectivity index is 3.56.